The van der Waals surface area contributed by atoms with Crippen LogP contribution >= 0.6 is 0 Å². The number of H-pyrrole nitrogens is 1. The minimum Gasteiger partial charge on any atom is -0.455 e. The van der Waals surface area contributed by atoms with Gasteiger partial charge in [0.15, 0.2) is 0 Å². The maximum atomic E-state index is 13.1. The summed E-state index contributed by atoms with van der Waals surface area (Å²) >= 11 is 0. The van der Waals surface area contributed by atoms with Crippen LogP contribution < -0.4 is 14.8 Å². The average molecular weight is 565 g/mol. The molecule has 0 unspecified atom stereocenters. The normalized spacial score (nSPS) is 14.6. The second-order valence-electron chi connectivity index (χ2n) is 9.68. The Morgan fingerprint density at radius 1 is 1.18 bits per heavy atom. The monoisotopic (exact) mass is 564 g/mol. The molecule has 0 saturated carbocycles. The van der Waals surface area contributed by atoms with Crippen molar-refractivity contribution in [2.75, 3.05) is 32.0 Å². The van der Waals surface area contributed by atoms with Crippen LogP contribution in [0.2, 0.25) is 0 Å². The number of nitrogens with zero attached hydrogens (tertiary/aromatic N) is 3. The summed E-state index contributed by atoms with van der Waals surface area (Å²) in [5.41, 5.74) is 0.466. The third kappa shape index (κ3) is 6.05. The summed E-state index contributed by atoms with van der Waals surface area (Å²) in [5.74, 6) is -0.111. The lowest BCUT2D eigenvalue weighted by atomic mass is 9.97. The highest BCUT2D eigenvalue weighted by Crippen LogP contribution is 2.30. The van der Waals surface area contributed by atoms with Gasteiger partial charge < -0.3 is 19.9 Å². The number of rotatable bonds is 9. The Bertz CT molecular complexity index is 1660. The summed E-state index contributed by atoms with van der Waals surface area (Å²) < 4.78 is 34.0. The fourth-order valence-electron chi connectivity index (χ4n) is 4.58. The Morgan fingerprint density at radius 3 is 2.73 bits per heavy atom. The first-order valence-electron chi connectivity index (χ1n) is 12.7. The molecule has 1 amide bonds. The molecule has 0 radical (unpaired) electrons. The molecular weight excluding hydrogens is 536 g/mol. The molecule has 1 saturated heterocycles. The Balaban J connectivity index is 1.32. The lowest BCUT2D eigenvalue weighted by molar-refractivity contribution is -0.384. The molecule has 0 bridgehead atoms. The molecule has 0 atom stereocenters. The molecule has 3 heterocycles. The summed E-state index contributed by atoms with van der Waals surface area (Å²) in [7, 11) is -2.39. The van der Waals surface area contributed by atoms with Gasteiger partial charge in [-0.2, -0.15) is 0 Å². The number of fused-ring (bicyclic) bond motifs is 1. The van der Waals surface area contributed by atoms with Crippen LogP contribution in [-0.4, -0.2) is 60.8 Å². The Labute approximate surface area is 230 Å². The number of aromatic nitrogens is 2. The van der Waals surface area contributed by atoms with Crippen molar-refractivity contribution in [1.29, 1.82) is 0 Å². The van der Waals surface area contributed by atoms with Gasteiger partial charge in [-0.25, -0.2) is 18.1 Å². The molecule has 13 heteroatoms. The number of nitro groups is 1. The highest BCUT2D eigenvalue weighted by Gasteiger charge is 2.26. The smallest absolute Gasteiger partial charge is 0.293 e. The number of hydrogen-bond acceptors (Lipinski definition) is 9. The van der Waals surface area contributed by atoms with E-state index in [4.69, 9.17) is 4.74 Å². The van der Waals surface area contributed by atoms with Crippen molar-refractivity contribution in [3.63, 3.8) is 0 Å². The summed E-state index contributed by atoms with van der Waals surface area (Å²) in [6, 6.07) is 13.2. The van der Waals surface area contributed by atoms with Crippen molar-refractivity contribution < 1.29 is 22.9 Å². The van der Waals surface area contributed by atoms with E-state index < -0.39 is 25.7 Å². The molecule has 1 aliphatic rings. The SMILES string of the molecule is CN1CCC(CNc2ccc(S(=O)(=O)NC(=O)c3ccccc3Oc3cnc4[nH]ccc4c3)cc2[N+](=O)[O-])CC1. The first kappa shape index (κ1) is 27.1. The molecule has 1 aliphatic heterocycles. The Morgan fingerprint density at radius 2 is 1.95 bits per heavy atom. The molecular formula is C27H28N6O6S. The highest BCUT2D eigenvalue weighted by molar-refractivity contribution is 7.90. The van der Waals surface area contributed by atoms with E-state index in [0.29, 0.717) is 23.9 Å². The van der Waals surface area contributed by atoms with E-state index >= 15 is 0 Å². The van der Waals surface area contributed by atoms with E-state index in [-0.39, 0.29) is 22.7 Å². The van der Waals surface area contributed by atoms with Gasteiger partial charge in [0.1, 0.15) is 22.8 Å². The van der Waals surface area contributed by atoms with Crippen LogP contribution in [0, 0.1) is 16.0 Å². The summed E-state index contributed by atoms with van der Waals surface area (Å²) in [5, 5.41) is 15.7. The van der Waals surface area contributed by atoms with Crippen LogP contribution in [-0.2, 0) is 10.0 Å². The molecule has 0 aliphatic carbocycles. The van der Waals surface area contributed by atoms with Crippen LogP contribution in [0.3, 0.4) is 0 Å². The zero-order valence-electron chi connectivity index (χ0n) is 21.7. The van der Waals surface area contributed by atoms with Gasteiger partial charge in [-0.3, -0.25) is 14.9 Å². The van der Waals surface area contributed by atoms with E-state index in [1.807, 2.05) is 10.8 Å². The van der Waals surface area contributed by atoms with E-state index in [2.05, 4.69) is 27.2 Å². The fraction of sp³-hybridized carbons (Fsp3) is 0.259. The van der Waals surface area contributed by atoms with E-state index in [9.17, 15) is 23.3 Å². The predicted octanol–water partition coefficient (Wildman–Crippen LogP) is 4.14. The van der Waals surface area contributed by atoms with E-state index in [0.717, 1.165) is 37.4 Å². The molecule has 2 aromatic heterocycles. The molecule has 3 N–H and O–H groups in total. The van der Waals surface area contributed by atoms with Gasteiger partial charge in [0.2, 0.25) is 0 Å². The summed E-state index contributed by atoms with van der Waals surface area (Å²) in [4.78, 5) is 33.2. The lowest BCUT2D eigenvalue weighted by Crippen LogP contribution is -2.33. The molecule has 1 fully saturated rings. The zero-order valence-corrected chi connectivity index (χ0v) is 22.5. The number of hydrogen-bond donors (Lipinski definition) is 3. The van der Waals surface area contributed by atoms with E-state index in [1.165, 1.54) is 30.5 Å². The first-order valence-corrected chi connectivity index (χ1v) is 14.2. The number of pyridine rings is 1. The van der Waals surface area contributed by atoms with Crippen LogP contribution in [0.5, 0.6) is 11.5 Å². The molecule has 2 aromatic carbocycles. The van der Waals surface area contributed by atoms with Gasteiger partial charge in [-0.1, -0.05) is 12.1 Å². The molecule has 5 rings (SSSR count). The van der Waals surface area contributed by atoms with Crippen molar-refractivity contribution in [1.82, 2.24) is 19.6 Å². The quantitative estimate of drug-likeness (QED) is 0.201. The van der Waals surface area contributed by atoms with Gasteiger partial charge in [0, 0.05) is 24.2 Å². The third-order valence-corrected chi connectivity index (χ3v) is 8.19. The first-order chi connectivity index (χ1) is 19.2. The van der Waals surface area contributed by atoms with Crippen molar-refractivity contribution in [3.8, 4) is 11.5 Å². The Hall–Kier alpha value is -4.49. The summed E-state index contributed by atoms with van der Waals surface area (Å²) in [6.07, 6.45) is 5.15. The second-order valence-corrected chi connectivity index (χ2v) is 11.4. The lowest BCUT2D eigenvalue weighted by Gasteiger charge is -2.29. The topological polar surface area (TPSA) is 160 Å². The van der Waals surface area contributed by atoms with Crippen molar-refractivity contribution in [3.05, 3.63) is 82.7 Å². The number of aromatic amines is 1. The number of anilines is 1. The standard InChI is InChI=1S/C27H28N6O6S/c1-32-12-9-18(10-13-32)16-29-23-7-6-21(15-24(23)33(35)36)40(37,38)31-27(34)22-4-2-3-5-25(22)39-20-14-19-8-11-28-26(19)30-17-20/h2-8,11,14-15,17-18,29H,9-10,12-13,16H2,1H3,(H,28,30)(H,31,34). The minimum absolute atomic E-state index is 0.0360. The molecule has 208 valence electrons. The number of piperidine rings is 1. The number of amides is 1. The van der Waals surface area contributed by atoms with Crippen LogP contribution in [0.4, 0.5) is 11.4 Å². The van der Waals surface area contributed by atoms with Gasteiger partial charge in [0.05, 0.1) is 21.6 Å². The number of nitro benzene ring substituents is 1. The number of ether oxygens (including phenoxy) is 1. The number of sulfonamides is 1. The Kier molecular flexibility index (Phi) is 7.67. The van der Waals surface area contributed by atoms with Crippen molar-refractivity contribution in [2.24, 2.45) is 5.92 Å². The maximum absolute atomic E-state index is 13.1. The average Bonchev–Trinajstić information content (AvgIpc) is 3.40. The van der Waals surface area contributed by atoms with Gasteiger partial charge >= 0.3 is 0 Å². The van der Waals surface area contributed by atoms with Crippen LogP contribution in [0.15, 0.2) is 71.9 Å². The third-order valence-electron chi connectivity index (χ3n) is 6.86. The van der Waals surface area contributed by atoms with Crippen LogP contribution in [0.1, 0.15) is 23.2 Å². The molecule has 4 aromatic rings. The second kappa shape index (κ2) is 11.3. The van der Waals surface area contributed by atoms with Crippen LogP contribution in [0.25, 0.3) is 11.0 Å². The maximum Gasteiger partial charge on any atom is 0.293 e. The zero-order chi connectivity index (χ0) is 28.3. The minimum atomic E-state index is -4.44. The number of likely N-dealkylation sites (tertiary alicyclic amines) is 1. The number of para-hydroxylation sites is 1. The summed E-state index contributed by atoms with van der Waals surface area (Å²) in [6.45, 7) is 2.46. The molecule has 40 heavy (non-hydrogen) atoms. The van der Waals surface area contributed by atoms with E-state index in [1.54, 1.807) is 24.4 Å². The number of carbonyl (C=O) groups is 1. The highest BCUT2D eigenvalue weighted by atomic mass is 32.2. The van der Waals surface area contributed by atoms with Gasteiger partial charge in [0.25, 0.3) is 21.6 Å². The van der Waals surface area contributed by atoms with Gasteiger partial charge in [-0.05, 0) is 75.3 Å². The van der Waals surface area contributed by atoms with Crippen molar-refractivity contribution >= 4 is 38.3 Å². The fourth-order valence-corrected chi connectivity index (χ4v) is 5.57. The van der Waals surface area contributed by atoms with Gasteiger partial charge in [-0.15, -0.1) is 0 Å². The van der Waals surface area contributed by atoms with Crippen molar-refractivity contribution in [2.45, 2.75) is 17.7 Å². The predicted molar refractivity (Wildman–Crippen MR) is 149 cm³/mol. The molecule has 0 spiro atoms. The number of benzene rings is 2. The molecule has 12 nitrogen and oxygen atoms in total. The number of nitrogens with one attached hydrogen (secondary N) is 3. The largest absolute Gasteiger partial charge is 0.455 e. The number of carbonyl (C=O) groups excluding carboxylic acids is 1.